The van der Waals surface area contributed by atoms with Gasteiger partial charge in [-0.3, -0.25) is 0 Å². The zero-order chi connectivity index (χ0) is 21.4. The van der Waals surface area contributed by atoms with Gasteiger partial charge >= 0.3 is 0 Å². The second kappa shape index (κ2) is 11.0. The highest BCUT2D eigenvalue weighted by molar-refractivity contribution is 6.74. The third-order valence-corrected chi connectivity index (χ3v) is 10.2. The maximum Gasteiger partial charge on any atom is 0.191 e. The molecule has 1 aromatic rings. The van der Waals surface area contributed by atoms with Gasteiger partial charge in [-0.05, 0) is 35.8 Å². The first-order valence-corrected chi connectivity index (χ1v) is 13.1. The fourth-order valence-electron chi connectivity index (χ4n) is 2.76. The number of hydrogen-bond donors (Lipinski definition) is 0. The molecule has 0 radical (unpaired) electrons. The zero-order valence-electron chi connectivity index (χ0n) is 19.1. The first-order chi connectivity index (χ1) is 13.0. The van der Waals surface area contributed by atoms with E-state index in [1.807, 2.05) is 24.3 Å². The third kappa shape index (κ3) is 7.57. The van der Waals surface area contributed by atoms with Gasteiger partial charge in [0, 0.05) is 18.4 Å². The van der Waals surface area contributed by atoms with Gasteiger partial charge in [-0.1, -0.05) is 71.6 Å². The fraction of sp³-hybridized carbons (Fsp3) is 0.583. The molecule has 0 unspecified atom stereocenters. The summed E-state index contributed by atoms with van der Waals surface area (Å²) in [6, 6.07) is 8.05. The summed E-state index contributed by atoms with van der Waals surface area (Å²) in [5, 5.41) is 0.209. The summed E-state index contributed by atoms with van der Waals surface area (Å²) in [4.78, 5) is 0. The Labute approximate surface area is 173 Å². The lowest BCUT2D eigenvalue weighted by atomic mass is 9.93. The quantitative estimate of drug-likeness (QED) is 0.306. The van der Waals surface area contributed by atoms with E-state index in [0.717, 1.165) is 17.9 Å². The Balaban J connectivity index is 2.82. The van der Waals surface area contributed by atoms with E-state index in [0.29, 0.717) is 6.61 Å². The van der Waals surface area contributed by atoms with Gasteiger partial charge in [-0.2, -0.15) is 0 Å². The maximum absolute atomic E-state index is 6.47. The Morgan fingerprint density at radius 2 is 1.71 bits per heavy atom. The molecule has 28 heavy (non-hydrogen) atoms. The highest BCUT2D eigenvalue weighted by Gasteiger charge is 2.38. The Morgan fingerprint density at radius 3 is 2.21 bits per heavy atom. The molecule has 0 N–H and O–H groups in total. The van der Waals surface area contributed by atoms with Crippen molar-refractivity contribution >= 4 is 8.32 Å². The van der Waals surface area contributed by atoms with Crippen LogP contribution in [0.1, 0.15) is 40.2 Å². The number of allylic oxidation sites excluding steroid dienone is 2. The van der Waals surface area contributed by atoms with E-state index in [2.05, 4.69) is 72.5 Å². The molecule has 1 aromatic carbocycles. The largest absolute Gasteiger partial charge is 0.497 e. The molecule has 0 fully saturated rings. The van der Waals surface area contributed by atoms with Crippen molar-refractivity contribution in [3.8, 4) is 5.75 Å². The minimum atomic E-state index is -1.77. The molecule has 4 heteroatoms. The molecule has 0 aliphatic heterocycles. The maximum atomic E-state index is 6.47. The van der Waals surface area contributed by atoms with E-state index in [9.17, 15) is 0 Å². The molecule has 0 amide bonds. The van der Waals surface area contributed by atoms with Crippen LogP contribution in [0.15, 0.2) is 49.1 Å². The number of hydrogen-bond acceptors (Lipinski definition) is 3. The van der Waals surface area contributed by atoms with Crippen LogP contribution in [0, 0.1) is 11.8 Å². The summed E-state index contributed by atoms with van der Waals surface area (Å²) in [5.74, 6) is 1.42. The summed E-state index contributed by atoms with van der Waals surface area (Å²) in [6.07, 6.45) is 6.04. The molecule has 0 saturated heterocycles. The highest BCUT2D eigenvalue weighted by atomic mass is 28.4. The molecule has 0 heterocycles. The van der Waals surface area contributed by atoms with Crippen molar-refractivity contribution in [2.24, 2.45) is 11.8 Å². The first kappa shape index (κ1) is 24.7. The highest BCUT2D eigenvalue weighted by Crippen LogP contribution is 2.37. The molecule has 0 saturated carbocycles. The van der Waals surface area contributed by atoms with Gasteiger partial charge in [0.2, 0.25) is 0 Å². The van der Waals surface area contributed by atoms with Crippen molar-refractivity contribution in [2.75, 3.05) is 13.7 Å². The van der Waals surface area contributed by atoms with Gasteiger partial charge in [-0.15, -0.1) is 0 Å². The van der Waals surface area contributed by atoms with Crippen LogP contribution in [0.2, 0.25) is 18.1 Å². The lowest BCUT2D eigenvalue weighted by molar-refractivity contribution is -0.0293. The molecule has 1 rings (SSSR count). The number of methoxy groups -OCH3 is 1. The van der Waals surface area contributed by atoms with Crippen LogP contribution in [-0.4, -0.2) is 28.1 Å². The number of ether oxygens (including phenoxy) is 2. The predicted octanol–water partition coefficient (Wildman–Crippen LogP) is 6.62. The summed E-state index contributed by atoms with van der Waals surface area (Å²) >= 11 is 0. The molecule has 0 aliphatic rings. The van der Waals surface area contributed by atoms with Crippen LogP contribution in [0.3, 0.4) is 0 Å². The summed E-state index contributed by atoms with van der Waals surface area (Å²) in [7, 11) is -0.0950. The minimum absolute atomic E-state index is 0.0723. The molecule has 3 atom stereocenters. The predicted molar refractivity (Wildman–Crippen MR) is 122 cm³/mol. The van der Waals surface area contributed by atoms with E-state index in [-0.39, 0.29) is 23.0 Å². The van der Waals surface area contributed by atoms with Crippen LogP contribution in [-0.2, 0) is 15.8 Å². The summed E-state index contributed by atoms with van der Waals surface area (Å²) in [5.41, 5.74) is 1.14. The molecule has 0 bridgehead atoms. The Bertz CT molecular complexity index is 614. The lowest BCUT2D eigenvalue weighted by Gasteiger charge is -2.38. The van der Waals surface area contributed by atoms with Crippen molar-refractivity contribution in [3.63, 3.8) is 0 Å². The molecule has 3 nitrogen and oxygen atoms in total. The molecule has 158 valence electrons. The molecule has 0 spiro atoms. The average molecular weight is 405 g/mol. The van der Waals surface area contributed by atoms with Gasteiger partial charge in [0.25, 0.3) is 0 Å². The molecular formula is C24H40O3Si. The van der Waals surface area contributed by atoms with Crippen LogP contribution in [0.4, 0.5) is 0 Å². The first-order valence-electron chi connectivity index (χ1n) is 10.2. The van der Waals surface area contributed by atoms with Crippen LogP contribution < -0.4 is 4.74 Å². The van der Waals surface area contributed by atoms with Gasteiger partial charge < -0.3 is 13.9 Å². The van der Waals surface area contributed by atoms with Gasteiger partial charge in [0.15, 0.2) is 8.32 Å². The second-order valence-electron chi connectivity index (χ2n) is 9.15. The number of rotatable bonds is 11. The van der Waals surface area contributed by atoms with Crippen LogP contribution in [0.5, 0.6) is 5.75 Å². The summed E-state index contributed by atoms with van der Waals surface area (Å²) in [6.45, 7) is 20.9. The van der Waals surface area contributed by atoms with Crippen LogP contribution >= 0.6 is 0 Å². The van der Waals surface area contributed by atoms with Crippen molar-refractivity contribution in [3.05, 3.63) is 54.6 Å². The second-order valence-corrected chi connectivity index (χ2v) is 14.0. The minimum Gasteiger partial charge on any atom is -0.497 e. The van der Waals surface area contributed by atoms with E-state index in [4.69, 9.17) is 13.9 Å². The molecular weight excluding hydrogens is 364 g/mol. The zero-order valence-corrected chi connectivity index (χ0v) is 20.1. The Kier molecular flexibility index (Phi) is 9.68. The molecule has 0 aliphatic carbocycles. The Hall–Kier alpha value is -1.36. The Morgan fingerprint density at radius 1 is 1.11 bits per heavy atom. The normalized spacial score (nSPS) is 16.0. The average Bonchev–Trinajstić information content (AvgIpc) is 2.64. The summed E-state index contributed by atoms with van der Waals surface area (Å²) < 4.78 is 18.1. The van der Waals surface area contributed by atoms with Gasteiger partial charge in [0.05, 0.1) is 19.8 Å². The smallest absolute Gasteiger partial charge is 0.191 e. The van der Waals surface area contributed by atoms with Crippen molar-refractivity contribution < 1.29 is 13.9 Å². The van der Waals surface area contributed by atoms with E-state index >= 15 is 0 Å². The van der Waals surface area contributed by atoms with E-state index in [1.54, 1.807) is 7.11 Å². The number of benzene rings is 1. The van der Waals surface area contributed by atoms with Crippen molar-refractivity contribution in [1.29, 1.82) is 0 Å². The fourth-order valence-corrected chi connectivity index (χ4v) is 3.88. The van der Waals surface area contributed by atoms with E-state index < -0.39 is 8.32 Å². The third-order valence-electron chi connectivity index (χ3n) is 5.74. The van der Waals surface area contributed by atoms with Crippen molar-refractivity contribution in [1.82, 2.24) is 0 Å². The standard InChI is InChI=1S/C24H40O3Si/c1-10-11-12-19(2)23(20(3)17-27-28(8,9)24(4,5)6)26-18-21-13-15-22(25-7)16-14-21/h10-16,19-20,23H,1,17-18H2,2-9H3/b12-11-/t19-,20-,23-/m0/s1. The SMILES string of the molecule is C=C/C=C\[C@H](C)[C@H](OCc1ccc(OC)cc1)[C@@H](C)CO[Si](C)(C)C(C)(C)C. The van der Waals surface area contributed by atoms with E-state index in [1.165, 1.54) is 0 Å². The van der Waals surface area contributed by atoms with Gasteiger partial charge in [0.1, 0.15) is 5.75 Å². The van der Waals surface area contributed by atoms with Gasteiger partial charge in [-0.25, -0.2) is 0 Å². The van der Waals surface area contributed by atoms with Crippen LogP contribution in [0.25, 0.3) is 0 Å². The lowest BCUT2D eigenvalue weighted by Crippen LogP contribution is -2.43. The topological polar surface area (TPSA) is 27.7 Å². The molecule has 0 aromatic heterocycles. The monoisotopic (exact) mass is 404 g/mol. The van der Waals surface area contributed by atoms with Crippen molar-refractivity contribution in [2.45, 2.75) is 65.5 Å².